The van der Waals surface area contributed by atoms with Crippen molar-refractivity contribution in [3.63, 3.8) is 0 Å². The summed E-state index contributed by atoms with van der Waals surface area (Å²) < 4.78 is 10.6. The zero-order chi connectivity index (χ0) is 14.5. The van der Waals surface area contributed by atoms with Crippen LogP contribution < -0.4 is 20.1 Å². The molecule has 1 aromatic rings. The normalized spacial score (nSPS) is 13.8. The highest BCUT2D eigenvalue weighted by Crippen LogP contribution is 2.33. The van der Waals surface area contributed by atoms with Crippen LogP contribution in [0.2, 0.25) is 0 Å². The van der Waals surface area contributed by atoms with Crippen molar-refractivity contribution < 1.29 is 9.47 Å². The van der Waals surface area contributed by atoms with Crippen molar-refractivity contribution >= 4 is 5.57 Å². The molecule has 0 saturated carbocycles. The topological polar surface area (TPSA) is 42.5 Å². The molecule has 2 rings (SSSR count). The van der Waals surface area contributed by atoms with Crippen molar-refractivity contribution in [2.24, 2.45) is 0 Å². The molecule has 0 spiro atoms. The number of benzene rings is 1. The van der Waals surface area contributed by atoms with Crippen LogP contribution in [-0.2, 0) is 0 Å². The quantitative estimate of drug-likeness (QED) is 0.863. The van der Waals surface area contributed by atoms with Gasteiger partial charge in [0, 0.05) is 19.2 Å². The van der Waals surface area contributed by atoms with Crippen LogP contribution in [0.5, 0.6) is 11.5 Å². The highest BCUT2D eigenvalue weighted by molar-refractivity contribution is 5.82. The highest BCUT2D eigenvalue weighted by atomic mass is 16.5. The second-order valence-corrected chi connectivity index (χ2v) is 4.37. The largest absolute Gasteiger partial charge is 0.493 e. The average Bonchev–Trinajstić information content (AvgIpc) is 2.53. The van der Waals surface area contributed by atoms with Gasteiger partial charge < -0.3 is 20.1 Å². The van der Waals surface area contributed by atoms with E-state index in [0.29, 0.717) is 11.5 Å². The Bertz CT molecular complexity index is 574. The van der Waals surface area contributed by atoms with Crippen LogP contribution in [-0.4, -0.2) is 27.8 Å². The summed E-state index contributed by atoms with van der Waals surface area (Å²) in [5.41, 5.74) is 2.98. The first-order valence-electron chi connectivity index (χ1n) is 6.45. The zero-order valence-electron chi connectivity index (χ0n) is 12.1. The van der Waals surface area contributed by atoms with Crippen molar-refractivity contribution in [3.05, 3.63) is 53.9 Å². The smallest absolute Gasteiger partial charge is 0.161 e. The summed E-state index contributed by atoms with van der Waals surface area (Å²) in [6.07, 6.45) is 4.14. The molecular weight excluding hydrogens is 252 g/mol. The van der Waals surface area contributed by atoms with Gasteiger partial charge in [-0.3, -0.25) is 0 Å². The summed E-state index contributed by atoms with van der Waals surface area (Å²) in [6.45, 7) is 5.01. The van der Waals surface area contributed by atoms with E-state index in [2.05, 4.69) is 29.4 Å². The van der Waals surface area contributed by atoms with Gasteiger partial charge in [-0.05, 0) is 23.3 Å². The molecule has 0 unspecified atom stereocenters. The van der Waals surface area contributed by atoms with Crippen molar-refractivity contribution in [1.29, 1.82) is 0 Å². The number of dihydropyridines is 1. The van der Waals surface area contributed by atoms with Gasteiger partial charge >= 0.3 is 0 Å². The monoisotopic (exact) mass is 272 g/mol. The molecule has 20 heavy (non-hydrogen) atoms. The molecule has 1 aliphatic rings. The Morgan fingerprint density at radius 2 is 2.00 bits per heavy atom. The summed E-state index contributed by atoms with van der Waals surface area (Å²) >= 11 is 0. The van der Waals surface area contributed by atoms with Crippen LogP contribution in [0.15, 0.2) is 48.3 Å². The van der Waals surface area contributed by atoms with Gasteiger partial charge in [0.2, 0.25) is 0 Å². The molecule has 1 aromatic carbocycles. The van der Waals surface area contributed by atoms with Crippen molar-refractivity contribution in [2.75, 3.05) is 27.8 Å². The number of hydrogen-bond acceptors (Lipinski definition) is 4. The lowest BCUT2D eigenvalue weighted by molar-refractivity contribution is 0.355. The number of ether oxygens (including phenoxy) is 2. The summed E-state index contributed by atoms with van der Waals surface area (Å²) in [7, 11) is 5.15. The Morgan fingerprint density at radius 3 is 2.65 bits per heavy atom. The fourth-order valence-corrected chi connectivity index (χ4v) is 2.17. The summed E-state index contributed by atoms with van der Waals surface area (Å²) in [6, 6.07) is 5.80. The van der Waals surface area contributed by atoms with E-state index >= 15 is 0 Å². The first-order valence-corrected chi connectivity index (χ1v) is 6.45. The molecule has 4 nitrogen and oxygen atoms in total. The van der Waals surface area contributed by atoms with Crippen LogP contribution in [0, 0.1) is 0 Å². The van der Waals surface area contributed by atoms with Gasteiger partial charge in [0.25, 0.3) is 0 Å². The standard InChI is InChI=1S/C16H20N2O2/c1-11(13-6-5-9-18-16(13)17-2)12-7-8-14(19-3)15(10-12)20-4/h5-8,10,17-18H,1,9H2,2-4H3. The fourth-order valence-electron chi connectivity index (χ4n) is 2.17. The van der Waals surface area contributed by atoms with Crippen molar-refractivity contribution in [1.82, 2.24) is 10.6 Å². The van der Waals surface area contributed by atoms with Crippen molar-refractivity contribution in [2.45, 2.75) is 0 Å². The predicted octanol–water partition coefficient (Wildman–Crippen LogP) is 2.31. The van der Waals surface area contributed by atoms with E-state index in [1.807, 2.05) is 25.2 Å². The molecule has 0 saturated heterocycles. The Balaban J connectivity index is 2.38. The molecular formula is C16H20N2O2. The maximum absolute atomic E-state index is 5.34. The van der Waals surface area contributed by atoms with Gasteiger partial charge in [-0.25, -0.2) is 0 Å². The molecule has 1 heterocycles. The third-order valence-corrected chi connectivity index (χ3v) is 3.26. The summed E-state index contributed by atoms with van der Waals surface area (Å²) in [5, 5.41) is 6.44. The van der Waals surface area contributed by atoms with Gasteiger partial charge in [0.1, 0.15) is 5.82 Å². The third kappa shape index (κ3) is 2.64. The van der Waals surface area contributed by atoms with E-state index in [1.165, 1.54) is 0 Å². The van der Waals surface area contributed by atoms with E-state index in [0.717, 1.165) is 29.1 Å². The molecule has 106 valence electrons. The first kappa shape index (κ1) is 14.1. The van der Waals surface area contributed by atoms with E-state index < -0.39 is 0 Å². The summed E-state index contributed by atoms with van der Waals surface area (Å²) in [4.78, 5) is 0. The van der Waals surface area contributed by atoms with E-state index in [-0.39, 0.29) is 0 Å². The molecule has 4 heteroatoms. The lowest BCUT2D eigenvalue weighted by atomic mass is 9.97. The lowest BCUT2D eigenvalue weighted by Gasteiger charge is -2.20. The van der Waals surface area contributed by atoms with Crippen LogP contribution in [0.3, 0.4) is 0 Å². The Labute approximate surface area is 119 Å². The molecule has 1 aliphatic heterocycles. The van der Waals surface area contributed by atoms with Crippen LogP contribution in [0.1, 0.15) is 5.56 Å². The molecule has 0 amide bonds. The number of methoxy groups -OCH3 is 2. The molecule has 0 fully saturated rings. The number of hydrogen-bond donors (Lipinski definition) is 2. The Kier molecular flexibility index (Phi) is 4.35. The minimum atomic E-state index is 0.700. The van der Waals surface area contributed by atoms with Crippen LogP contribution in [0.25, 0.3) is 5.57 Å². The minimum Gasteiger partial charge on any atom is -0.493 e. The summed E-state index contributed by atoms with van der Waals surface area (Å²) in [5.74, 6) is 2.39. The first-order chi connectivity index (χ1) is 9.71. The average molecular weight is 272 g/mol. The molecule has 0 atom stereocenters. The molecule has 0 aromatic heterocycles. The zero-order valence-corrected chi connectivity index (χ0v) is 12.1. The molecule has 0 bridgehead atoms. The van der Waals surface area contributed by atoms with E-state index in [4.69, 9.17) is 9.47 Å². The van der Waals surface area contributed by atoms with Gasteiger partial charge in [-0.15, -0.1) is 0 Å². The van der Waals surface area contributed by atoms with Crippen molar-refractivity contribution in [3.8, 4) is 11.5 Å². The number of allylic oxidation sites excluding steroid dienone is 3. The predicted molar refractivity (Wildman–Crippen MR) is 81.8 cm³/mol. The Hall–Kier alpha value is -2.36. The third-order valence-electron chi connectivity index (χ3n) is 3.26. The SMILES string of the molecule is C=C(C1=C(NC)NCC=C1)c1ccc(OC)c(OC)c1. The second kappa shape index (κ2) is 6.19. The van der Waals surface area contributed by atoms with Gasteiger partial charge in [0.15, 0.2) is 11.5 Å². The van der Waals surface area contributed by atoms with Crippen LogP contribution in [0.4, 0.5) is 0 Å². The number of nitrogens with one attached hydrogen (secondary N) is 2. The highest BCUT2D eigenvalue weighted by Gasteiger charge is 2.13. The minimum absolute atomic E-state index is 0.700. The maximum Gasteiger partial charge on any atom is 0.161 e. The second-order valence-electron chi connectivity index (χ2n) is 4.37. The number of rotatable bonds is 5. The van der Waals surface area contributed by atoms with E-state index in [9.17, 15) is 0 Å². The molecule has 2 N–H and O–H groups in total. The van der Waals surface area contributed by atoms with Gasteiger partial charge in [0.05, 0.1) is 14.2 Å². The van der Waals surface area contributed by atoms with Gasteiger partial charge in [-0.2, -0.15) is 0 Å². The lowest BCUT2D eigenvalue weighted by Crippen LogP contribution is -2.27. The molecule has 0 radical (unpaired) electrons. The molecule has 0 aliphatic carbocycles. The van der Waals surface area contributed by atoms with Crippen LogP contribution >= 0.6 is 0 Å². The van der Waals surface area contributed by atoms with E-state index in [1.54, 1.807) is 14.2 Å². The fraction of sp³-hybridized carbons (Fsp3) is 0.250. The maximum atomic E-state index is 5.34. The Morgan fingerprint density at radius 1 is 1.25 bits per heavy atom. The van der Waals surface area contributed by atoms with Gasteiger partial charge in [-0.1, -0.05) is 24.8 Å².